The molecule has 0 saturated carbocycles. The van der Waals surface area contributed by atoms with E-state index >= 15 is 0 Å². The highest BCUT2D eigenvalue weighted by Crippen LogP contribution is 2.21. The van der Waals surface area contributed by atoms with Crippen LogP contribution in [0.4, 0.5) is 5.69 Å². The molecular weight excluding hydrogens is 454 g/mol. The van der Waals surface area contributed by atoms with Crippen molar-refractivity contribution >= 4 is 39.1 Å². The maximum atomic E-state index is 12.8. The molecule has 0 radical (unpaired) electrons. The fourth-order valence-electron chi connectivity index (χ4n) is 2.78. The summed E-state index contributed by atoms with van der Waals surface area (Å²) in [6.45, 7) is 1.65. The molecule has 3 aromatic carbocycles. The number of aryl methyl sites for hydroxylation is 1. The lowest BCUT2D eigenvalue weighted by molar-refractivity contribution is 0.0846. The SMILES string of the molecule is COc1ccc(NS(=O)(=O)c2ccc(C)c(C(=O)NNC(=O)c3ccccc3Cl)c2)cc1. The highest BCUT2D eigenvalue weighted by atomic mass is 35.5. The first-order valence-corrected chi connectivity index (χ1v) is 11.2. The van der Waals surface area contributed by atoms with Gasteiger partial charge in [-0.3, -0.25) is 25.2 Å². The number of nitrogens with one attached hydrogen (secondary N) is 3. The number of benzene rings is 3. The predicted molar refractivity (Wildman–Crippen MR) is 121 cm³/mol. The first kappa shape index (κ1) is 23.1. The molecular formula is C22H20ClN3O5S. The fourth-order valence-corrected chi connectivity index (χ4v) is 4.09. The van der Waals surface area contributed by atoms with Crippen molar-refractivity contribution in [2.75, 3.05) is 11.8 Å². The number of sulfonamides is 1. The molecule has 3 rings (SSSR count). The Hall–Kier alpha value is -3.56. The van der Waals surface area contributed by atoms with Crippen molar-refractivity contribution in [1.82, 2.24) is 10.9 Å². The van der Waals surface area contributed by atoms with E-state index in [0.717, 1.165) is 0 Å². The normalized spacial score (nSPS) is 10.8. The Labute approximate surface area is 190 Å². The van der Waals surface area contributed by atoms with Gasteiger partial charge in [0.1, 0.15) is 5.75 Å². The molecule has 0 spiro atoms. The van der Waals surface area contributed by atoms with Gasteiger partial charge in [0.2, 0.25) is 0 Å². The van der Waals surface area contributed by atoms with Crippen molar-refractivity contribution in [3.05, 3.63) is 88.4 Å². The molecule has 0 unspecified atom stereocenters. The van der Waals surface area contributed by atoms with Gasteiger partial charge < -0.3 is 4.74 Å². The van der Waals surface area contributed by atoms with Crippen molar-refractivity contribution < 1.29 is 22.7 Å². The third-order valence-electron chi connectivity index (χ3n) is 4.51. The largest absolute Gasteiger partial charge is 0.497 e. The number of ether oxygens (including phenoxy) is 1. The van der Waals surface area contributed by atoms with Gasteiger partial charge in [-0.1, -0.05) is 29.8 Å². The number of anilines is 1. The molecule has 0 aliphatic rings. The molecule has 0 bridgehead atoms. The molecule has 0 heterocycles. The van der Waals surface area contributed by atoms with E-state index in [1.807, 2.05) is 0 Å². The molecule has 10 heteroatoms. The fraction of sp³-hybridized carbons (Fsp3) is 0.0909. The van der Waals surface area contributed by atoms with Gasteiger partial charge >= 0.3 is 0 Å². The summed E-state index contributed by atoms with van der Waals surface area (Å²) in [5, 5.41) is 0.230. The zero-order valence-electron chi connectivity index (χ0n) is 17.2. The van der Waals surface area contributed by atoms with Crippen LogP contribution < -0.4 is 20.3 Å². The number of halogens is 1. The lowest BCUT2D eigenvalue weighted by Crippen LogP contribution is -2.42. The summed E-state index contributed by atoms with van der Waals surface area (Å²) < 4.78 is 33.0. The van der Waals surface area contributed by atoms with E-state index in [-0.39, 0.29) is 21.0 Å². The number of carbonyl (C=O) groups excluding carboxylic acids is 2. The van der Waals surface area contributed by atoms with Crippen LogP contribution in [0, 0.1) is 6.92 Å². The lowest BCUT2D eigenvalue weighted by atomic mass is 10.1. The minimum atomic E-state index is -3.96. The van der Waals surface area contributed by atoms with Crippen LogP contribution >= 0.6 is 11.6 Å². The quantitative estimate of drug-likeness (QED) is 0.474. The average molecular weight is 474 g/mol. The van der Waals surface area contributed by atoms with E-state index < -0.39 is 21.8 Å². The number of methoxy groups -OCH3 is 1. The van der Waals surface area contributed by atoms with Gasteiger partial charge in [0.05, 0.1) is 22.6 Å². The molecule has 0 saturated heterocycles. The smallest absolute Gasteiger partial charge is 0.271 e. The van der Waals surface area contributed by atoms with Gasteiger partial charge in [0, 0.05) is 11.3 Å². The number of hydrogen-bond donors (Lipinski definition) is 3. The number of carbonyl (C=O) groups is 2. The summed E-state index contributed by atoms with van der Waals surface area (Å²) in [4.78, 5) is 24.7. The molecule has 0 atom stereocenters. The topological polar surface area (TPSA) is 114 Å². The van der Waals surface area contributed by atoms with Crippen molar-refractivity contribution in [3.8, 4) is 5.75 Å². The number of rotatable bonds is 6. The zero-order valence-corrected chi connectivity index (χ0v) is 18.8. The van der Waals surface area contributed by atoms with Crippen LogP contribution in [0.1, 0.15) is 26.3 Å². The van der Waals surface area contributed by atoms with E-state index in [9.17, 15) is 18.0 Å². The van der Waals surface area contributed by atoms with Gasteiger partial charge in [-0.05, 0) is 61.0 Å². The second-order valence-electron chi connectivity index (χ2n) is 6.70. The monoisotopic (exact) mass is 473 g/mol. The molecule has 32 heavy (non-hydrogen) atoms. The summed E-state index contributed by atoms with van der Waals surface area (Å²) in [6.07, 6.45) is 0. The molecule has 3 aromatic rings. The van der Waals surface area contributed by atoms with Crippen LogP contribution in [-0.2, 0) is 10.0 Å². The Kier molecular flexibility index (Phi) is 7.01. The minimum absolute atomic E-state index is 0.0852. The summed E-state index contributed by atoms with van der Waals surface area (Å²) in [5.41, 5.74) is 5.69. The van der Waals surface area contributed by atoms with Gasteiger partial charge in [0.25, 0.3) is 21.8 Å². The molecule has 2 amide bonds. The first-order valence-electron chi connectivity index (χ1n) is 9.34. The van der Waals surface area contributed by atoms with Crippen molar-refractivity contribution in [3.63, 3.8) is 0 Å². The van der Waals surface area contributed by atoms with Gasteiger partial charge in [0.15, 0.2) is 0 Å². The van der Waals surface area contributed by atoms with Crippen LogP contribution in [0.2, 0.25) is 5.02 Å². The summed E-state index contributed by atoms with van der Waals surface area (Å²) in [5.74, 6) is -0.697. The number of hydrogen-bond acceptors (Lipinski definition) is 5. The Balaban J connectivity index is 1.76. The van der Waals surface area contributed by atoms with E-state index in [1.165, 1.54) is 31.4 Å². The van der Waals surface area contributed by atoms with Gasteiger partial charge in [-0.15, -0.1) is 0 Å². The summed E-state index contributed by atoms with van der Waals surface area (Å²) >= 11 is 5.98. The number of hydrazine groups is 1. The second-order valence-corrected chi connectivity index (χ2v) is 8.79. The highest BCUT2D eigenvalue weighted by Gasteiger charge is 2.19. The van der Waals surface area contributed by atoms with Crippen molar-refractivity contribution in [1.29, 1.82) is 0 Å². The van der Waals surface area contributed by atoms with E-state index in [0.29, 0.717) is 17.0 Å². The third kappa shape index (κ3) is 5.37. The second kappa shape index (κ2) is 9.71. The molecule has 0 aromatic heterocycles. The van der Waals surface area contributed by atoms with E-state index in [4.69, 9.17) is 16.3 Å². The Morgan fingerprint density at radius 1 is 0.875 bits per heavy atom. The van der Waals surface area contributed by atoms with Crippen LogP contribution in [-0.4, -0.2) is 27.3 Å². The van der Waals surface area contributed by atoms with E-state index in [1.54, 1.807) is 49.4 Å². The summed E-state index contributed by atoms with van der Waals surface area (Å²) in [6, 6.07) is 16.8. The van der Waals surface area contributed by atoms with Crippen LogP contribution in [0.15, 0.2) is 71.6 Å². The zero-order chi connectivity index (χ0) is 23.3. The first-order chi connectivity index (χ1) is 15.2. The maximum absolute atomic E-state index is 12.8. The van der Waals surface area contributed by atoms with Crippen molar-refractivity contribution in [2.45, 2.75) is 11.8 Å². The van der Waals surface area contributed by atoms with Gasteiger partial charge in [-0.2, -0.15) is 0 Å². The molecule has 0 aliphatic carbocycles. The Morgan fingerprint density at radius 2 is 1.50 bits per heavy atom. The van der Waals surface area contributed by atoms with Crippen LogP contribution in [0.5, 0.6) is 5.75 Å². The third-order valence-corrected chi connectivity index (χ3v) is 6.22. The number of amides is 2. The standard InChI is InChI=1S/C22H20ClN3O5S/c1-14-7-12-17(32(29,30)26-15-8-10-16(31-2)11-9-15)13-19(14)22(28)25-24-21(27)18-5-3-4-6-20(18)23/h3-13,26H,1-2H3,(H,24,27)(H,25,28). The molecule has 3 N–H and O–H groups in total. The highest BCUT2D eigenvalue weighted by molar-refractivity contribution is 7.92. The Bertz CT molecular complexity index is 1260. The minimum Gasteiger partial charge on any atom is -0.497 e. The predicted octanol–water partition coefficient (Wildman–Crippen LogP) is 3.53. The van der Waals surface area contributed by atoms with E-state index in [2.05, 4.69) is 15.6 Å². The molecule has 166 valence electrons. The van der Waals surface area contributed by atoms with Crippen LogP contribution in [0.25, 0.3) is 0 Å². The van der Waals surface area contributed by atoms with Crippen LogP contribution in [0.3, 0.4) is 0 Å². The maximum Gasteiger partial charge on any atom is 0.271 e. The van der Waals surface area contributed by atoms with Crippen molar-refractivity contribution in [2.24, 2.45) is 0 Å². The lowest BCUT2D eigenvalue weighted by Gasteiger charge is -2.13. The van der Waals surface area contributed by atoms with Gasteiger partial charge in [-0.25, -0.2) is 8.42 Å². The molecule has 0 fully saturated rings. The molecule has 8 nitrogen and oxygen atoms in total. The summed E-state index contributed by atoms with van der Waals surface area (Å²) in [7, 11) is -2.45. The Morgan fingerprint density at radius 3 is 2.12 bits per heavy atom. The average Bonchev–Trinajstić information content (AvgIpc) is 2.78. The molecule has 0 aliphatic heterocycles.